The Morgan fingerprint density at radius 1 is 1.06 bits per heavy atom. The maximum absolute atomic E-state index is 5.69. The topological polar surface area (TPSA) is 27.7 Å². The van der Waals surface area contributed by atoms with Crippen molar-refractivity contribution in [1.29, 1.82) is 0 Å². The molecular formula is C13H19BrO3. The number of ether oxygens (including phenoxy) is 3. The van der Waals surface area contributed by atoms with E-state index < -0.39 is 0 Å². The molecule has 1 aromatic carbocycles. The summed E-state index contributed by atoms with van der Waals surface area (Å²) in [5.41, 5.74) is 1.17. The van der Waals surface area contributed by atoms with Gasteiger partial charge in [-0.1, -0.05) is 34.1 Å². The monoisotopic (exact) mass is 302 g/mol. The van der Waals surface area contributed by atoms with Gasteiger partial charge in [-0.2, -0.15) is 0 Å². The minimum atomic E-state index is 0.646. The van der Waals surface area contributed by atoms with Crippen LogP contribution in [0.3, 0.4) is 0 Å². The minimum Gasteiger partial charge on any atom is -0.493 e. The van der Waals surface area contributed by atoms with E-state index in [1.807, 2.05) is 18.2 Å². The first-order valence-electron chi connectivity index (χ1n) is 5.72. The summed E-state index contributed by atoms with van der Waals surface area (Å²) in [5.74, 6) is 0.946. The van der Waals surface area contributed by atoms with E-state index in [4.69, 9.17) is 14.2 Å². The van der Waals surface area contributed by atoms with Crippen LogP contribution in [0.5, 0.6) is 5.75 Å². The van der Waals surface area contributed by atoms with Crippen molar-refractivity contribution in [3.05, 3.63) is 29.8 Å². The Morgan fingerprint density at radius 2 is 1.88 bits per heavy atom. The summed E-state index contributed by atoms with van der Waals surface area (Å²) in [6.45, 7) is 2.68. The van der Waals surface area contributed by atoms with Crippen LogP contribution in [-0.4, -0.2) is 33.5 Å². The van der Waals surface area contributed by atoms with Crippen LogP contribution in [0.1, 0.15) is 12.0 Å². The van der Waals surface area contributed by atoms with Gasteiger partial charge in [0, 0.05) is 31.0 Å². The molecule has 1 aromatic rings. The smallest absolute Gasteiger partial charge is 0.123 e. The second-order valence-corrected chi connectivity index (χ2v) is 4.11. The number of para-hydroxylation sites is 1. The van der Waals surface area contributed by atoms with Crippen LogP contribution in [0.15, 0.2) is 24.3 Å². The van der Waals surface area contributed by atoms with Crippen molar-refractivity contribution in [2.24, 2.45) is 0 Å². The van der Waals surface area contributed by atoms with Gasteiger partial charge in [0.05, 0.1) is 19.8 Å². The van der Waals surface area contributed by atoms with Crippen LogP contribution in [-0.2, 0) is 14.8 Å². The highest BCUT2D eigenvalue weighted by molar-refractivity contribution is 9.08. The molecule has 0 amide bonds. The number of hydrogen-bond donors (Lipinski definition) is 0. The molecular weight excluding hydrogens is 284 g/mol. The minimum absolute atomic E-state index is 0.646. The predicted molar refractivity (Wildman–Crippen MR) is 71.9 cm³/mol. The van der Waals surface area contributed by atoms with Crippen LogP contribution in [0.25, 0.3) is 0 Å². The quantitative estimate of drug-likeness (QED) is 0.518. The number of alkyl halides is 1. The maximum Gasteiger partial charge on any atom is 0.123 e. The lowest BCUT2D eigenvalue weighted by Crippen LogP contribution is -2.07. The Labute approximate surface area is 111 Å². The summed E-state index contributed by atoms with van der Waals surface area (Å²) >= 11 is 3.44. The SMILES string of the molecule is COCCOCCCOc1ccccc1CBr. The number of halogens is 1. The number of hydrogen-bond acceptors (Lipinski definition) is 3. The van der Waals surface area contributed by atoms with Gasteiger partial charge in [-0.25, -0.2) is 0 Å². The van der Waals surface area contributed by atoms with Crippen LogP contribution in [0.2, 0.25) is 0 Å². The fourth-order valence-corrected chi connectivity index (χ4v) is 1.81. The molecule has 0 aromatic heterocycles. The van der Waals surface area contributed by atoms with E-state index >= 15 is 0 Å². The van der Waals surface area contributed by atoms with Crippen molar-refractivity contribution < 1.29 is 14.2 Å². The Hall–Kier alpha value is -0.580. The van der Waals surface area contributed by atoms with Crippen LogP contribution < -0.4 is 4.74 Å². The van der Waals surface area contributed by atoms with Crippen molar-refractivity contribution in [3.8, 4) is 5.75 Å². The molecule has 3 nitrogen and oxygen atoms in total. The van der Waals surface area contributed by atoms with Gasteiger partial charge < -0.3 is 14.2 Å². The lowest BCUT2D eigenvalue weighted by molar-refractivity contribution is 0.0644. The largest absolute Gasteiger partial charge is 0.493 e. The average Bonchev–Trinajstić information content (AvgIpc) is 2.38. The highest BCUT2D eigenvalue weighted by Gasteiger charge is 2.00. The Bertz CT molecular complexity index is 304. The summed E-state index contributed by atoms with van der Waals surface area (Å²) in [6.07, 6.45) is 0.889. The third kappa shape index (κ3) is 6.05. The molecule has 0 atom stereocenters. The molecule has 17 heavy (non-hydrogen) atoms. The van der Waals surface area contributed by atoms with Crippen LogP contribution in [0, 0.1) is 0 Å². The van der Waals surface area contributed by atoms with Crippen molar-refractivity contribution >= 4 is 15.9 Å². The van der Waals surface area contributed by atoms with Gasteiger partial charge in [0.15, 0.2) is 0 Å². The third-order valence-corrected chi connectivity index (χ3v) is 2.84. The lowest BCUT2D eigenvalue weighted by atomic mass is 10.2. The molecule has 96 valence electrons. The average molecular weight is 303 g/mol. The second kappa shape index (κ2) is 9.45. The zero-order chi connectivity index (χ0) is 12.3. The van der Waals surface area contributed by atoms with Gasteiger partial charge in [-0.3, -0.25) is 0 Å². The van der Waals surface area contributed by atoms with Gasteiger partial charge in [-0.15, -0.1) is 0 Å². The molecule has 0 fully saturated rings. The summed E-state index contributed by atoms with van der Waals surface area (Å²) in [6, 6.07) is 8.04. The van der Waals surface area contributed by atoms with E-state index in [0.717, 1.165) is 17.5 Å². The van der Waals surface area contributed by atoms with Gasteiger partial charge >= 0.3 is 0 Å². The predicted octanol–water partition coefficient (Wildman–Crippen LogP) is 3.01. The third-order valence-electron chi connectivity index (χ3n) is 2.24. The summed E-state index contributed by atoms with van der Waals surface area (Å²) < 4.78 is 15.9. The first-order valence-corrected chi connectivity index (χ1v) is 6.84. The highest BCUT2D eigenvalue weighted by atomic mass is 79.9. The summed E-state index contributed by atoms with van der Waals surface area (Å²) in [5, 5.41) is 0.813. The molecule has 0 N–H and O–H groups in total. The number of methoxy groups -OCH3 is 1. The number of rotatable bonds is 9. The Morgan fingerprint density at radius 3 is 2.65 bits per heavy atom. The molecule has 0 heterocycles. The first-order chi connectivity index (χ1) is 8.38. The van der Waals surface area contributed by atoms with E-state index in [2.05, 4.69) is 22.0 Å². The lowest BCUT2D eigenvalue weighted by Gasteiger charge is -2.09. The number of benzene rings is 1. The molecule has 0 bridgehead atoms. The molecule has 0 spiro atoms. The zero-order valence-corrected chi connectivity index (χ0v) is 11.7. The Kier molecular flexibility index (Phi) is 8.05. The highest BCUT2D eigenvalue weighted by Crippen LogP contribution is 2.20. The first kappa shape index (κ1) is 14.5. The molecule has 4 heteroatoms. The molecule has 1 rings (SSSR count). The molecule has 0 aliphatic carbocycles. The zero-order valence-electron chi connectivity index (χ0n) is 10.2. The summed E-state index contributed by atoms with van der Waals surface area (Å²) in [7, 11) is 1.67. The molecule has 0 aliphatic heterocycles. The van der Waals surface area contributed by atoms with E-state index in [1.54, 1.807) is 7.11 Å². The molecule has 0 unspecified atom stereocenters. The van der Waals surface area contributed by atoms with E-state index in [9.17, 15) is 0 Å². The van der Waals surface area contributed by atoms with Crippen molar-refractivity contribution in [2.45, 2.75) is 11.8 Å². The second-order valence-electron chi connectivity index (χ2n) is 3.55. The molecule has 0 radical (unpaired) electrons. The van der Waals surface area contributed by atoms with E-state index in [-0.39, 0.29) is 0 Å². The fraction of sp³-hybridized carbons (Fsp3) is 0.538. The van der Waals surface area contributed by atoms with Gasteiger partial charge in [-0.05, 0) is 6.07 Å². The standard InChI is InChI=1S/C13H19BrO3/c1-15-9-10-16-7-4-8-17-13-6-3-2-5-12(13)11-14/h2-3,5-6H,4,7-11H2,1H3. The maximum atomic E-state index is 5.69. The molecule has 0 aliphatic rings. The van der Waals surface area contributed by atoms with Crippen molar-refractivity contribution in [3.63, 3.8) is 0 Å². The molecule has 0 saturated carbocycles. The normalized spacial score (nSPS) is 10.5. The molecule has 0 saturated heterocycles. The van der Waals surface area contributed by atoms with Gasteiger partial charge in [0.2, 0.25) is 0 Å². The fourth-order valence-electron chi connectivity index (χ4n) is 1.34. The van der Waals surface area contributed by atoms with Gasteiger partial charge in [0.1, 0.15) is 5.75 Å². The van der Waals surface area contributed by atoms with E-state index in [1.165, 1.54) is 5.56 Å². The van der Waals surface area contributed by atoms with Crippen LogP contribution >= 0.6 is 15.9 Å². The van der Waals surface area contributed by atoms with Crippen LogP contribution in [0.4, 0.5) is 0 Å². The van der Waals surface area contributed by atoms with E-state index in [0.29, 0.717) is 26.4 Å². The van der Waals surface area contributed by atoms with Crippen molar-refractivity contribution in [2.75, 3.05) is 33.5 Å². The Balaban J connectivity index is 2.13. The van der Waals surface area contributed by atoms with Crippen molar-refractivity contribution in [1.82, 2.24) is 0 Å². The summed E-state index contributed by atoms with van der Waals surface area (Å²) in [4.78, 5) is 0. The van der Waals surface area contributed by atoms with Gasteiger partial charge in [0.25, 0.3) is 0 Å².